The molecule has 0 aromatic rings. The fourth-order valence-corrected chi connectivity index (χ4v) is 3.46. The van der Waals surface area contributed by atoms with Gasteiger partial charge in [0, 0.05) is 5.41 Å². The summed E-state index contributed by atoms with van der Waals surface area (Å²) in [7, 11) is 6.92. The SMILES string of the molecule is C[C@]1(C[N+](C)(C)C)C[C@@H]2C=C[C@H]1C2. The first-order chi connectivity index (χ1) is 5.89. The summed E-state index contributed by atoms with van der Waals surface area (Å²) in [5.41, 5.74) is 0.581. The Balaban J connectivity index is 2.10. The molecule has 3 atom stereocenters. The summed E-state index contributed by atoms with van der Waals surface area (Å²) < 4.78 is 1.10. The van der Waals surface area contributed by atoms with Crippen LogP contribution >= 0.6 is 0 Å². The first-order valence-corrected chi connectivity index (χ1v) is 5.38. The topological polar surface area (TPSA) is 0 Å². The van der Waals surface area contributed by atoms with Crippen LogP contribution in [-0.2, 0) is 0 Å². The third-order valence-electron chi connectivity index (χ3n) is 3.63. The summed E-state index contributed by atoms with van der Waals surface area (Å²) >= 11 is 0. The molecular formula is C12H22N+. The molecule has 0 spiro atoms. The highest BCUT2D eigenvalue weighted by Gasteiger charge is 2.47. The Hall–Kier alpha value is -0.300. The van der Waals surface area contributed by atoms with Crippen LogP contribution in [0, 0.1) is 17.3 Å². The van der Waals surface area contributed by atoms with Crippen LogP contribution < -0.4 is 0 Å². The minimum atomic E-state index is 0.581. The molecule has 0 radical (unpaired) electrons. The van der Waals surface area contributed by atoms with Gasteiger partial charge in [0.2, 0.25) is 0 Å². The molecule has 74 valence electrons. The Kier molecular flexibility index (Phi) is 1.85. The minimum Gasteiger partial charge on any atom is -0.330 e. The molecule has 1 heteroatoms. The van der Waals surface area contributed by atoms with Gasteiger partial charge in [-0.05, 0) is 24.7 Å². The summed E-state index contributed by atoms with van der Waals surface area (Å²) in [6, 6.07) is 0. The van der Waals surface area contributed by atoms with Crippen molar-refractivity contribution in [3.8, 4) is 0 Å². The highest BCUT2D eigenvalue weighted by molar-refractivity contribution is 5.14. The molecule has 0 aliphatic heterocycles. The van der Waals surface area contributed by atoms with Crippen molar-refractivity contribution >= 4 is 0 Å². The Bertz CT molecular complexity index is 236. The molecular weight excluding hydrogens is 158 g/mol. The monoisotopic (exact) mass is 180 g/mol. The highest BCUT2D eigenvalue weighted by atomic mass is 15.3. The summed E-state index contributed by atoms with van der Waals surface area (Å²) in [4.78, 5) is 0. The number of hydrogen-bond donors (Lipinski definition) is 0. The maximum atomic E-state index is 2.48. The van der Waals surface area contributed by atoms with Gasteiger partial charge in [0.15, 0.2) is 0 Å². The fourth-order valence-electron chi connectivity index (χ4n) is 3.46. The van der Waals surface area contributed by atoms with Crippen molar-refractivity contribution in [1.29, 1.82) is 0 Å². The Morgan fingerprint density at radius 2 is 2.00 bits per heavy atom. The molecule has 0 N–H and O–H groups in total. The van der Waals surface area contributed by atoms with Crippen LogP contribution in [0.4, 0.5) is 0 Å². The van der Waals surface area contributed by atoms with E-state index in [1.165, 1.54) is 19.4 Å². The standard InChI is InChI=1S/C12H22N/c1-12(9-13(2,3)4)8-10-5-6-11(12)7-10/h5-6,10-11H,7-9H2,1-4H3/q+1/t10-,11+,12-/m1/s1. The van der Waals surface area contributed by atoms with Crippen LogP contribution in [0.15, 0.2) is 12.2 Å². The Labute approximate surface area is 82.0 Å². The number of rotatable bonds is 2. The maximum absolute atomic E-state index is 2.48. The van der Waals surface area contributed by atoms with E-state index in [9.17, 15) is 0 Å². The summed E-state index contributed by atoms with van der Waals surface area (Å²) in [5, 5.41) is 0. The first-order valence-electron chi connectivity index (χ1n) is 5.38. The van der Waals surface area contributed by atoms with Crippen molar-refractivity contribution in [1.82, 2.24) is 0 Å². The molecule has 2 rings (SSSR count). The second-order valence-corrected chi connectivity index (χ2v) is 6.29. The van der Waals surface area contributed by atoms with Gasteiger partial charge in [-0.2, -0.15) is 0 Å². The van der Waals surface area contributed by atoms with E-state index >= 15 is 0 Å². The molecule has 13 heavy (non-hydrogen) atoms. The lowest BCUT2D eigenvalue weighted by Crippen LogP contribution is -2.45. The second-order valence-electron chi connectivity index (χ2n) is 6.29. The van der Waals surface area contributed by atoms with Crippen LogP contribution in [0.2, 0.25) is 0 Å². The van der Waals surface area contributed by atoms with Crippen LogP contribution in [0.3, 0.4) is 0 Å². The molecule has 2 bridgehead atoms. The Morgan fingerprint density at radius 1 is 1.31 bits per heavy atom. The van der Waals surface area contributed by atoms with Crippen LogP contribution in [0.5, 0.6) is 0 Å². The van der Waals surface area contributed by atoms with Crippen molar-refractivity contribution in [3.63, 3.8) is 0 Å². The van der Waals surface area contributed by atoms with E-state index < -0.39 is 0 Å². The van der Waals surface area contributed by atoms with E-state index in [4.69, 9.17) is 0 Å². The number of allylic oxidation sites excluding steroid dienone is 2. The van der Waals surface area contributed by atoms with Gasteiger partial charge < -0.3 is 4.48 Å². The molecule has 1 fully saturated rings. The minimum absolute atomic E-state index is 0.581. The largest absolute Gasteiger partial charge is 0.330 e. The summed E-state index contributed by atoms with van der Waals surface area (Å²) in [6.07, 6.45) is 7.74. The van der Waals surface area contributed by atoms with Crippen LogP contribution in [0.1, 0.15) is 19.8 Å². The van der Waals surface area contributed by atoms with Crippen molar-refractivity contribution < 1.29 is 4.48 Å². The second kappa shape index (κ2) is 2.60. The lowest BCUT2D eigenvalue weighted by atomic mass is 9.77. The van der Waals surface area contributed by atoms with Gasteiger partial charge in [0.25, 0.3) is 0 Å². The lowest BCUT2D eigenvalue weighted by molar-refractivity contribution is -0.877. The van der Waals surface area contributed by atoms with Crippen molar-refractivity contribution in [3.05, 3.63) is 12.2 Å². The van der Waals surface area contributed by atoms with Crippen molar-refractivity contribution in [2.45, 2.75) is 19.8 Å². The van der Waals surface area contributed by atoms with E-state index in [1.54, 1.807) is 0 Å². The van der Waals surface area contributed by atoms with Crippen LogP contribution in [-0.4, -0.2) is 32.2 Å². The van der Waals surface area contributed by atoms with Gasteiger partial charge in [-0.3, -0.25) is 0 Å². The zero-order valence-corrected chi connectivity index (χ0v) is 9.38. The maximum Gasteiger partial charge on any atom is 0.0840 e. The molecule has 0 aromatic carbocycles. The molecule has 0 aromatic heterocycles. The number of fused-ring (bicyclic) bond motifs is 2. The van der Waals surface area contributed by atoms with E-state index in [0.29, 0.717) is 5.41 Å². The smallest absolute Gasteiger partial charge is 0.0840 e. The quantitative estimate of drug-likeness (QED) is 0.452. The lowest BCUT2D eigenvalue weighted by Gasteiger charge is -2.38. The number of nitrogens with zero attached hydrogens (tertiary/aromatic N) is 1. The third-order valence-corrected chi connectivity index (χ3v) is 3.63. The first kappa shape index (κ1) is 9.26. The Morgan fingerprint density at radius 3 is 2.38 bits per heavy atom. The van der Waals surface area contributed by atoms with Gasteiger partial charge in [-0.15, -0.1) is 0 Å². The molecule has 2 aliphatic rings. The number of hydrogen-bond acceptors (Lipinski definition) is 0. The molecule has 2 aliphatic carbocycles. The van der Waals surface area contributed by atoms with Crippen LogP contribution in [0.25, 0.3) is 0 Å². The van der Waals surface area contributed by atoms with Gasteiger partial charge in [-0.25, -0.2) is 0 Å². The summed E-state index contributed by atoms with van der Waals surface area (Å²) in [6.45, 7) is 3.79. The summed E-state index contributed by atoms with van der Waals surface area (Å²) in [5.74, 6) is 1.77. The van der Waals surface area contributed by atoms with Gasteiger partial charge in [0.05, 0.1) is 27.7 Å². The van der Waals surface area contributed by atoms with E-state index in [0.717, 1.165) is 16.3 Å². The van der Waals surface area contributed by atoms with E-state index in [-0.39, 0.29) is 0 Å². The molecule has 0 amide bonds. The zero-order valence-electron chi connectivity index (χ0n) is 9.38. The molecule has 0 unspecified atom stereocenters. The zero-order chi connectivity index (χ0) is 9.69. The third kappa shape index (κ3) is 1.67. The molecule has 0 heterocycles. The predicted octanol–water partition coefficient (Wildman–Crippen LogP) is 2.29. The normalized spacial score (nSPS) is 43.1. The highest BCUT2D eigenvalue weighted by Crippen LogP contribution is 2.52. The van der Waals surface area contributed by atoms with E-state index in [1.807, 2.05) is 0 Å². The van der Waals surface area contributed by atoms with Gasteiger partial charge >= 0.3 is 0 Å². The number of quaternary nitrogens is 1. The average Bonchev–Trinajstić information content (AvgIpc) is 2.39. The van der Waals surface area contributed by atoms with Crippen molar-refractivity contribution in [2.75, 3.05) is 27.7 Å². The predicted molar refractivity (Wildman–Crippen MR) is 56.4 cm³/mol. The van der Waals surface area contributed by atoms with Gasteiger partial charge in [0.1, 0.15) is 0 Å². The fraction of sp³-hybridized carbons (Fsp3) is 0.833. The molecule has 1 nitrogen and oxygen atoms in total. The van der Waals surface area contributed by atoms with Crippen molar-refractivity contribution in [2.24, 2.45) is 17.3 Å². The average molecular weight is 180 g/mol. The molecule has 0 saturated heterocycles. The van der Waals surface area contributed by atoms with Gasteiger partial charge in [-0.1, -0.05) is 19.1 Å². The molecule has 1 saturated carbocycles. The van der Waals surface area contributed by atoms with E-state index in [2.05, 4.69) is 40.2 Å².